The van der Waals surface area contributed by atoms with E-state index < -0.39 is 0 Å². The number of nitrogens with zero attached hydrogens (tertiary/aromatic N) is 2. The number of hydrogen-bond acceptors (Lipinski definition) is 2. The van der Waals surface area contributed by atoms with Crippen molar-refractivity contribution in [2.24, 2.45) is 5.41 Å². The number of carbonyl (C=O) groups excluding carboxylic acids is 1. The summed E-state index contributed by atoms with van der Waals surface area (Å²) in [5.74, 6) is 0.0798. The molecule has 2 heterocycles. The van der Waals surface area contributed by atoms with Crippen molar-refractivity contribution >= 4 is 17.5 Å². The molecule has 1 aliphatic rings. The van der Waals surface area contributed by atoms with Crippen LogP contribution in [0.15, 0.2) is 12.1 Å². The summed E-state index contributed by atoms with van der Waals surface area (Å²) >= 11 is 5.93. The van der Waals surface area contributed by atoms with E-state index in [1.165, 1.54) is 0 Å². The SMILES string of the molecule is CCC1(CC)CCN(C(=O)c2cc(C)nc(Cl)c2)C1. The molecule has 104 valence electrons. The van der Waals surface area contributed by atoms with Gasteiger partial charge >= 0.3 is 0 Å². The number of pyridine rings is 1. The van der Waals surface area contributed by atoms with Gasteiger partial charge in [-0.15, -0.1) is 0 Å². The summed E-state index contributed by atoms with van der Waals surface area (Å²) in [6, 6.07) is 3.47. The highest BCUT2D eigenvalue weighted by molar-refractivity contribution is 6.29. The van der Waals surface area contributed by atoms with Gasteiger partial charge in [-0.1, -0.05) is 25.4 Å². The topological polar surface area (TPSA) is 33.2 Å². The van der Waals surface area contributed by atoms with Gasteiger partial charge in [0.1, 0.15) is 5.15 Å². The smallest absolute Gasteiger partial charge is 0.254 e. The summed E-state index contributed by atoms with van der Waals surface area (Å²) in [5, 5.41) is 0.389. The number of rotatable bonds is 3. The third-order valence-electron chi connectivity index (χ3n) is 4.39. The Bertz CT molecular complexity index is 463. The summed E-state index contributed by atoms with van der Waals surface area (Å²) in [6.45, 7) is 7.99. The van der Waals surface area contributed by atoms with Gasteiger partial charge in [0.2, 0.25) is 0 Å². The second kappa shape index (κ2) is 5.49. The maximum atomic E-state index is 12.5. The maximum absolute atomic E-state index is 12.5. The molecule has 1 saturated heterocycles. The first-order valence-electron chi connectivity index (χ1n) is 6.93. The fourth-order valence-corrected chi connectivity index (χ4v) is 3.12. The molecule has 0 atom stereocenters. The third kappa shape index (κ3) is 2.92. The lowest BCUT2D eigenvalue weighted by Crippen LogP contribution is -2.31. The number of carbonyl (C=O) groups is 1. The van der Waals surface area contributed by atoms with E-state index in [4.69, 9.17) is 11.6 Å². The number of halogens is 1. The molecule has 1 fully saturated rings. The van der Waals surface area contributed by atoms with Crippen molar-refractivity contribution in [3.63, 3.8) is 0 Å². The summed E-state index contributed by atoms with van der Waals surface area (Å²) < 4.78 is 0. The third-order valence-corrected chi connectivity index (χ3v) is 4.59. The molecule has 0 aliphatic carbocycles. The van der Waals surface area contributed by atoms with E-state index in [1.807, 2.05) is 17.9 Å². The van der Waals surface area contributed by atoms with Gasteiger partial charge in [0, 0.05) is 24.3 Å². The quantitative estimate of drug-likeness (QED) is 0.791. The number of likely N-dealkylation sites (tertiary alicyclic amines) is 1. The van der Waals surface area contributed by atoms with Gasteiger partial charge in [-0.2, -0.15) is 0 Å². The summed E-state index contributed by atoms with van der Waals surface area (Å²) in [6.07, 6.45) is 3.36. The van der Waals surface area contributed by atoms with Gasteiger partial charge < -0.3 is 4.90 Å². The summed E-state index contributed by atoms with van der Waals surface area (Å²) in [7, 11) is 0. The Morgan fingerprint density at radius 3 is 2.63 bits per heavy atom. The van der Waals surface area contributed by atoms with Crippen LogP contribution < -0.4 is 0 Å². The Hall–Kier alpha value is -1.09. The van der Waals surface area contributed by atoms with Crippen LogP contribution in [0.5, 0.6) is 0 Å². The lowest BCUT2D eigenvalue weighted by Gasteiger charge is -2.26. The molecule has 3 nitrogen and oxygen atoms in total. The van der Waals surface area contributed by atoms with E-state index in [0.29, 0.717) is 16.1 Å². The first-order valence-corrected chi connectivity index (χ1v) is 7.31. The second-order valence-corrected chi connectivity index (χ2v) is 5.89. The largest absolute Gasteiger partial charge is 0.338 e. The predicted octanol–water partition coefficient (Wildman–Crippen LogP) is 3.70. The predicted molar refractivity (Wildman–Crippen MR) is 77.5 cm³/mol. The highest BCUT2D eigenvalue weighted by atomic mass is 35.5. The minimum absolute atomic E-state index is 0.0798. The molecule has 0 saturated carbocycles. The number of aryl methyl sites for hydroxylation is 1. The molecule has 0 spiro atoms. The summed E-state index contributed by atoms with van der Waals surface area (Å²) in [4.78, 5) is 18.6. The van der Waals surface area contributed by atoms with Gasteiger partial charge in [0.25, 0.3) is 5.91 Å². The van der Waals surface area contributed by atoms with Crippen molar-refractivity contribution in [2.45, 2.75) is 40.0 Å². The average molecular weight is 281 g/mol. The molecule has 0 radical (unpaired) electrons. The highest BCUT2D eigenvalue weighted by Gasteiger charge is 2.37. The van der Waals surface area contributed by atoms with Crippen LogP contribution in [0, 0.1) is 12.3 Å². The van der Waals surface area contributed by atoms with Crippen molar-refractivity contribution in [3.05, 3.63) is 28.5 Å². The van der Waals surface area contributed by atoms with E-state index >= 15 is 0 Å². The summed E-state index contributed by atoms with van der Waals surface area (Å²) in [5.41, 5.74) is 1.74. The van der Waals surface area contributed by atoms with E-state index in [-0.39, 0.29) is 5.91 Å². The van der Waals surface area contributed by atoms with Crippen LogP contribution in [0.25, 0.3) is 0 Å². The molecule has 0 N–H and O–H groups in total. The first kappa shape index (κ1) is 14.3. The zero-order valence-corrected chi connectivity index (χ0v) is 12.6. The minimum atomic E-state index is 0.0798. The Balaban J connectivity index is 2.17. The Morgan fingerprint density at radius 1 is 1.42 bits per heavy atom. The standard InChI is InChI=1S/C15H21ClN2O/c1-4-15(5-2)6-7-18(10-15)14(19)12-8-11(3)17-13(16)9-12/h8-9H,4-7,10H2,1-3H3. The second-order valence-electron chi connectivity index (χ2n) is 5.50. The van der Waals surface area contributed by atoms with E-state index in [0.717, 1.165) is 38.0 Å². The number of amides is 1. The molecule has 1 amide bonds. The van der Waals surface area contributed by atoms with Crippen LogP contribution >= 0.6 is 11.6 Å². The van der Waals surface area contributed by atoms with Crippen LogP contribution in [-0.4, -0.2) is 28.9 Å². The van der Waals surface area contributed by atoms with Crippen molar-refractivity contribution in [3.8, 4) is 0 Å². The van der Waals surface area contributed by atoms with Crippen LogP contribution in [0.2, 0.25) is 5.15 Å². The van der Waals surface area contributed by atoms with Gasteiger partial charge in [-0.3, -0.25) is 4.79 Å². The lowest BCUT2D eigenvalue weighted by atomic mass is 9.82. The van der Waals surface area contributed by atoms with Crippen LogP contribution in [-0.2, 0) is 0 Å². The van der Waals surface area contributed by atoms with Crippen molar-refractivity contribution in [2.75, 3.05) is 13.1 Å². The lowest BCUT2D eigenvalue weighted by molar-refractivity contribution is 0.0769. The van der Waals surface area contributed by atoms with Crippen molar-refractivity contribution in [1.82, 2.24) is 9.88 Å². The van der Waals surface area contributed by atoms with E-state index in [2.05, 4.69) is 18.8 Å². The van der Waals surface area contributed by atoms with Crippen LogP contribution in [0.4, 0.5) is 0 Å². The molecule has 1 aliphatic heterocycles. The fraction of sp³-hybridized carbons (Fsp3) is 0.600. The van der Waals surface area contributed by atoms with Gasteiger partial charge in [-0.05, 0) is 43.7 Å². The average Bonchev–Trinajstić information content (AvgIpc) is 2.82. The van der Waals surface area contributed by atoms with Crippen LogP contribution in [0.1, 0.15) is 49.2 Å². The molecule has 1 aromatic rings. The van der Waals surface area contributed by atoms with Crippen molar-refractivity contribution < 1.29 is 4.79 Å². The zero-order chi connectivity index (χ0) is 14.0. The number of aromatic nitrogens is 1. The van der Waals surface area contributed by atoms with Gasteiger partial charge in [-0.25, -0.2) is 4.98 Å². The molecule has 1 aromatic heterocycles. The van der Waals surface area contributed by atoms with E-state index in [9.17, 15) is 4.79 Å². The van der Waals surface area contributed by atoms with Gasteiger partial charge in [0.05, 0.1) is 0 Å². The Morgan fingerprint density at radius 2 is 2.11 bits per heavy atom. The minimum Gasteiger partial charge on any atom is -0.338 e. The van der Waals surface area contributed by atoms with Crippen LogP contribution in [0.3, 0.4) is 0 Å². The molecule has 0 bridgehead atoms. The maximum Gasteiger partial charge on any atom is 0.254 e. The molecule has 2 rings (SSSR count). The fourth-order valence-electron chi connectivity index (χ4n) is 2.87. The monoisotopic (exact) mass is 280 g/mol. The van der Waals surface area contributed by atoms with E-state index in [1.54, 1.807) is 6.07 Å². The Kier molecular flexibility index (Phi) is 4.14. The molecular weight excluding hydrogens is 260 g/mol. The van der Waals surface area contributed by atoms with Crippen molar-refractivity contribution in [1.29, 1.82) is 0 Å². The molecular formula is C15H21ClN2O. The first-order chi connectivity index (χ1) is 8.99. The molecule has 4 heteroatoms. The number of hydrogen-bond donors (Lipinski definition) is 0. The van der Waals surface area contributed by atoms with Gasteiger partial charge in [0.15, 0.2) is 0 Å². The molecule has 19 heavy (non-hydrogen) atoms. The molecule has 0 unspecified atom stereocenters. The normalized spacial score (nSPS) is 17.8. The molecule has 0 aromatic carbocycles. The highest BCUT2D eigenvalue weighted by Crippen LogP contribution is 2.37. The zero-order valence-electron chi connectivity index (χ0n) is 11.9. The Labute approximate surface area is 120 Å².